The summed E-state index contributed by atoms with van der Waals surface area (Å²) in [4.78, 5) is 5.69. The molecule has 0 aliphatic carbocycles. The van der Waals surface area contributed by atoms with E-state index in [9.17, 15) is 9.65 Å². The fraction of sp³-hybridized carbons (Fsp3) is 0.231. The van der Waals surface area contributed by atoms with Crippen molar-refractivity contribution in [3.05, 3.63) is 82.9 Å². The number of nitriles is 1. The second-order valence-corrected chi connectivity index (χ2v) is 9.16. The molecular formula is C26H23FN4S. The van der Waals surface area contributed by atoms with Gasteiger partial charge in [0.15, 0.2) is 0 Å². The van der Waals surface area contributed by atoms with Gasteiger partial charge in [-0.1, -0.05) is 31.9 Å². The summed E-state index contributed by atoms with van der Waals surface area (Å²) in [5.41, 5.74) is 4.49. The van der Waals surface area contributed by atoms with Crippen molar-refractivity contribution in [1.82, 2.24) is 14.1 Å². The lowest BCUT2D eigenvalue weighted by molar-refractivity contribution is 0.629. The van der Waals surface area contributed by atoms with Crippen molar-refractivity contribution < 1.29 is 4.39 Å². The van der Waals surface area contributed by atoms with Crippen LogP contribution in [-0.2, 0) is 13.0 Å². The predicted octanol–water partition coefficient (Wildman–Crippen LogP) is 6.83. The van der Waals surface area contributed by atoms with Crippen LogP contribution in [0.1, 0.15) is 42.2 Å². The first-order chi connectivity index (χ1) is 15.7. The summed E-state index contributed by atoms with van der Waals surface area (Å²) < 4.78 is 18.3. The first kappa shape index (κ1) is 20.5. The van der Waals surface area contributed by atoms with Crippen molar-refractivity contribution >= 4 is 33.3 Å². The molecule has 0 N–H and O–H groups in total. The van der Waals surface area contributed by atoms with Crippen molar-refractivity contribution in [1.29, 1.82) is 5.26 Å². The van der Waals surface area contributed by atoms with Crippen LogP contribution in [0.4, 0.5) is 4.39 Å². The molecule has 0 aliphatic heterocycles. The number of unbranched alkanes of at least 4 members (excludes halogenated alkanes) is 2. The van der Waals surface area contributed by atoms with Gasteiger partial charge in [-0.25, -0.2) is 9.37 Å². The number of aryl methyl sites for hydroxylation is 1. The number of thiophene rings is 1. The molecule has 32 heavy (non-hydrogen) atoms. The molecule has 0 amide bonds. The molecule has 0 radical (unpaired) electrons. The number of imidazole rings is 1. The highest BCUT2D eigenvalue weighted by Gasteiger charge is 2.17. The number of fused-ring (bicyclic) bond motifs is 2. The maximum Gasteiger partial charge on any atom is 0.125 e. The van der Waals surface area contributed by atoms with Crippen molar-refractivity contribution in [3.8, 4) is 11.1 Å². The fourth-order valence-electron chi connectivity index (χ4n) is 4.25. The lowest BCUT2D eigenvalue weighted by atomic mass is 10.1. The summed E-state index contributed by atoms with van der Waals surface area (Å²) in [5, 5.41) is 11.6. The number of rotatable bonds is 7. The van der Waals surface area contributed by atoms with Gasteiger partial charge in [-0.3, -0.25) is 0 Å². The Kier molecular flexibility index (Phi) is 5.50. The topological polar surface area (TPSA) is 46.5 Å². The standard InChI is InChI=1S/C26H23FN4S/c1-2-3-4-7-21-12-18(14-28)26(32-21)31-16-19(22-11-10-20(27)13-25(22)31)15-30-17-29-23-8-5-6-9-24(23)30/h5-6,8-13,16-17H,2-4,7,15H2,1H3. The second kappa shape index (κ2) is 8.60. The molecule has 3 heterocycles. The Bertz CT molecular complexity index is 1450. The molecule has 5 aromatic rings. The van der Waals surface area contributed by atoms with Gasteiger partial charge in [0.2, 0.25) is 0 Å². The molecule has 0 saturated heterocycles. The third kappa shape index (κ3) is 3.69. The maximum absolute atomic E-state index is 14.2. The van der Waals surface area contributed by atoms with Crippen LogP contribution in [0.2, 0.25) is 0 Å². The lowest BCUT2D eigenvalue weighted by Gasteiger charge is -2.03. The monoisotopic (exact) mass is 442 g/mol. The molecule has 0 saturated carbocycles. The first-order valence-corrected chi connectivity index (χ1v) is 11.7. The molecule has 2 aromatic carbocycles. The minimum Gasteiger partial charge on any atom is -0.326 e. The highest BCUT2D eigenvalue weighted by atomic mass is 32.1. The summed E-state index contributed by atoms with van der Waals surface area (Å²) in [6.07, 6.45) is 8.30. The van der Waals surface area contributed by atoms with Crippen molar-refractivity contribution in [2.75, 3.05) is 0 Å². The molecule has 3 aromatic heterocycles. The van der Waals surface area contributed by atoms with E-state index in [0.717, 1.165) is 51.8 Å². The lowest BCUT2D eigenvalue weighted by Crippen LogP contribution is -1.97. The molecule has 0 aliphatic rings. The summed E-state index contributed by atoms with van der Waals surface area (Å²) in [5.74, 6) is -0.283. The van der Waals surface area contributed by atoms with E-state index in [0.29, 0.717) is 12.1 Å². The van der Waals surface area contributed by atoms with E-state index in [1.54, 1.807) is 17.4 Å². The minimum absolute atomic E-state index is 0.283. The van der Waals surface area contributed by atoms with Crippen LogP contribution >= 0.6 is 11.3 Å². The van der Waals surface area contributed by atoms with Crippen molar-refractivity contribution in [2.24, 2.45) is 0 Å². The van der Waals surface area contributed by atoms with Gasteiger partial charge in [0.1, 0.15) is 16.9 Å². The Labute approximate surface area is 190 Å². The zero-order chi connectivity index (χ0) is 22.1. The molecule has 4 nitrogen and oxygen atoms in total. The number of hydrogen-bond acceptors (Lipinski definition) is 3. The van der Waals surface area contributed by atoms with Gasteiger partial charge >= 0.3 is 0 Å². The molecule has 0 unspecified atom stereocenters. The van der Waals surface area contributed by atoms with E-state index in [4.69, 9.17) is 0 Å². The summed E-state index contributed by atoms with van der Waals surface area (Å²) in [6.45, 7) is 2.80. The molecule has 5 rings (SSSR count). The smallest absolute Gasteiger partial charge is 0.125 e. The van der Waals surface area contributed by atoms with Gasteiger partial charge in [-0.2, -0.15) is 5.26 Å². The Balaban J connectivity index is 1.60. The van der Waals surface area contributed by atoms with Gasteiger partial charge in [0.25, 0.3) is 0 Å². The average Bonchev–Trinajstić information content (AvgIpc) is 3.50. The third-order valence-corrected chi connectivity index (χ3v) is 7.04. The SMILES string of the molecule is CCCCCc1cc(C#N)c(-n2cc(Cn3cnc4ccccc43)c3ccc(F)cc32)s1. The largest absolute Gasteiger partial charge is 0.326 e. The Morgan fingerprint density at radius 2 is 1.97 bits per heavy atom. The predicted molar refractivity (Wildman–Crippen MR) is 128 cm³/mol. The van der Waals surface area contributed by atoms with E-state index in [1.807, 2.05) is 47.4 Å². The number of halogens is 1. The molecule has 6 heteroatoms. The molecular weight excluding hydrogens is 419 g/mol. The van der Waals surface area contributed by atoms with Crippen LogP contribution in [0.3, 0.4) is 0 Å². The highest BCUT2D eigenvalue weighted by Crippen LogP contribution is 2.33. The second-order valence-electron chi connectivity index (χ2n) is 8.05. The first-order valence-electron chi connectivity index (χ1n) is 10.9. The van der Waals surface area contributed by atoms with Gasteiger partial charge in [0, 0.05) is 16.5 Å². The van der Waals surface area contributed by atoms with Gasteiger partial charge in [-0.15, -0.1) is 11.3 Å². The normalized spacial score (nSPS) is 11.4. The maximum atomic E-state index is 14.2. The van der Waals surface area contributed by atoms with E-state index in [1.165, 1.54) is 17.4 Å². The number of para-hydroxylation sites is 2. The Hall–Kier alpha value is -3.43. The summed E-state index contributed by atoms with van der Waals surface area (Å²) in [7, 11) is 0. The van der Waals surface area contributed by atoms with Crippen LogP contribution < -0.4 is 0 Å². The molecule has 0 fully saturated rings. The van der Waals surface area contributed by atoms with Crippen LogP contribution in [0.15, 0.2) is 61.1 Å². The van der Waals surface area contributed by atoms with E-state index >= 15 is 0 Å². The highest BCUT2D eigenvalue weighted by molar-refractivity contribution is 7.14. The molecule has 0 bridgehead atoms. The molecule has 0 spiro atoms. The fourth-order valence-corrected chi connectivity index (χ4v) is 5.38. The van der Waals surface area contributed by atoms with Gasteiger partial charge in [0.05, 0.1) is 35.0 Å². The molecule has 160 valence electrons. The number of benzene rings is 2. The number of hydrogen-bond donors (Lipinski definition) is 0. The quantitative estimate of drug-likeness (QED) is 0.259. The molecule has 0 atom stereocenters. The number of aromatic nitrogens is 3. The van der Waals surface area contributed by atoms with E-state index in [-0.39, 0.29) is 5.82 Å². The van der Waals surface area contributed by atoms with Gasteiger partial charge < -0.3 is 9.13 Å². The van der Waals surface area contributed by atoms with E-state index < -0.39 is 0 Å². The van der Waals surface area contributed by atoms with Gasteiger partial charge in [-0.05, 0) is 54.8 Å². The van der Waals surface area contributed by atoms with Crippen molar-refractivity contribution in [2.45, 2.75) is 39.2 Å². The average molecular weight is 443 g/mol. The number of nitrogens with zero attached hydrogens (tertiary/aromatic N) is 4. The zero-order valence-corrected chi connectivity index (χ0v) is 18.7. The zero-order valence-electron chi connectivity index (χ0n) is 17.9. The Morgan fingerprint density at radius 1 is 1.09 bits per heavy atom. The van der Waals surface area contributed by atoms with Crippen LogP contribution in [0.25, 0.3) is 26.9 Å². The minimum atomic E-state index is -0.283. The third-order valence-electron chi connectivity index (χ3n) is 5.85. The Morgan fingerprint density at radius 3 is 2.81 bits per heavy atom. The van der Waals surface area contributed by atoms with Crippen LogP contribution in [0.5, 0.6) is 0 Å². The summed E-state index contributed by atoms with van der Waals surface area (Å²) >= 11 is 1.63. The van der Waals surface area contributed by atoms with Crippen LogP contribution in [-0.4, -0.2) is 14.1 Å². The van der Waals surface area contributed by atoms with Crippen molar-refractivity contribution in [3.63, 3.8) is 0 Å². The summed E-state index contributed by atoms with van der Waals surface area (Å²) in [6, 6.07) is 17.3. The van der Waals surface area contributed by atoms with E-state index in [2.05, 4.69) is 28.6 Å². The van der Waals surface area contributed by atoms with Crippen LogP contribution in [0, 0.1) is 17.1 Å².